The molecule has 0 atom stereocenters. The number of ether oxygens (including phenoxy) is 2. The number of phenolic OH excluding ortho intramolecular Hbond substituents is 1. The Bertz CT molecular complexity index is 1250. The Hall–Kier alpha value is -3.68. The first-order valence-electron chi connectivity index (χ1n) is 10.4. The van der Waals surface area contributed by atoms with Crippen LogP contribution in [0, 0.1) is 5.82 Å². The van der Waals surface area contributed by atoms with E-state index in [4.69, 9.17) is 9.47 Å². The molecule has 1 heterocycles. The molecule has 4 aromatic rings. The number of phenols is 1. The van der Waals surface area contributed by atoms with Crippen LogP contribution in [0.1, 0.15) is 0 Å². The van der Waals surface area contributed by atoms with Crippen molar-refractivity contribution in [3.63, 3.8) is 0 Å². The Morgan fingerprint density at radius 3 is 2.52 bits per heavy atom. The molecule has 2 N–H and O–H groups in total. The van der Waals surface area contributed by atoms with Gasteiger partial charge in [-0.15, -0.1) is 11.3 Å². The van der Waals surface area contributed by atoms with Gasteiger partial charge in [0.05, 0.1) is 4.88 Å². The molecule has 33 heavy (non-hydrogen) atoms. The normalized spacial score (nSPS) is 11.2. The fourth-order valence-electron chi connectivity index (χ4n) is 3.23. The first kappa shape index (κ1) is 22.5. The van der Waals surface area contributed by atoms with Crippen molar-refractivity contribution < 1.29 is 23.8 Å². The number of hydrogen-bond acceptors (Lipinski definition) is 6. The van der Waals surface area contributed by atoms with Crippen LogP contribution in [0.5, 0.6) is 23.0 Å². The van der Waals surface area contributed by atoms with Crippen LogP contribution in [0.3, 0.4) is 0 Å². The second kappa shape index (κ2) is 10.8. The van der Waals surface area contributed by atoms with E-state index >= 15 is 0 Å². The fourth-order valence-corrected chi connectivity index (χ4v) is 4.39. The summed E-state index contributed by atoms with van der Waals surface area (Å²) < 4.78 is 26.3. The number of halogens is 1. The van der Waals surface area contributed by atoms with Gasteiger partial charge < -0.3 is 19.9 Å². The van der Waals surface area contributed by atoms with E-state index in [0.29, 0.717) is 36.9 Å². The van der Waals surface area contributed by atoms with Crippen molar-refractivity contribution >= 4 is 27.7 Å². The van der Waals surface area contributed by atoms with Crippen molar-refractivity contribution in [3.8, 4) is 33.4 Å². The summed E-state index contributed by atoms with van der Waals surface area (Å²) in [5.74, 6) is 1.88. The Labute approximate surface area is 194 Å². The molecule has 0 fully saturated rings. The zero-order valence-corrected chi connectivity index (χ0v) is 18.5. The maximum Gasteiger partial charge on any atom is 0.153 e. The van der Waals surface area contributed by atoms with Crippen molar-refractivity contribution in [1.29, 1.82) is 0 Å². The van der Waals surface area contributed by atoms with Crippen molar-refractivity contribution in [2.24, 2.45) is 0 Å². The van der Waals surface area contributed by atoms with E-state index in [0.717, 1.165) is 26.8 Å². The van der Waals surface area contributed by atoms with E-state index < -0.39 is 0 Å². The lowest BCUT2D eigenvalue weighted by Gasteiger charge is -2.10. The maximum absolute atomic E-state index is 13.4. The van der Waals surface area contributed by atoms with Crippen LogP contribution in [0.2, 0.25) is 0 Å². The van der Waals surface area contributed by atoms with Crippen LogP contribution in [0.15, 0.2) is 78.9 Å². The molecule has 0 unspecified atom stereocenters. The second-order valence-corrected chi connectivity index (χ2v) is 8.19. The predicted molar refractivity (Wildman–Crippen MR) is 129 cm³/mol. The molecule has 0 bridgehead atoms. The maximum atomic E-state index is 13.4. The van der Waals surface area contributed by atoms with Gasteiger partial charge in [0.1, 0.15) is 36.0 Å². The van der Waals surface area contributed by atoms with Gasteiger partial charge >= 0.3 is 0 Å². The largest absolute Gasteiger partial charge is 0.508 e. The Kier molecular flexibility index (Phi) is 7.34. The molecule has 4 rings (SSSR count). The van der Waals surface area contributed by atoms with Crippen LogP contribution >= 0.6 is 11.3 Å². The summed E-state index contributed by atoms with van der Waals surface area (Å²) in [6.45, 7) is 1.75. The van der Waals surface area contributed by atoms with Gasteiger partial charge in [-0.2, -0.15) is 0 Å². The summed E-state index contributed by atoms with van der Waals surface area (Å²) in [4.78, 5) is 11.1. The molecule has 7 heteroatoms. The SMILES string of the molecule is O=C/C=C/CNCCOc1ccc(Oc2c(-c3ccc(F)cc3)sc3cc(O)ccc23)cc1. The van der Waals surface area contributed by atoms with Gasteiger partial charge in [-0.05, 0) is 66.2 Å². The minimum Gasteiger partial charge on any atom is -0.508 e. The number of thiophene rings is 1. The lowest BCUT2D eigenvalue weighted by Crippen LogP contribution is -2.20. The number of carbonyl (C=O) groups excluding carboxylic acids is 1. The van der Waals surface area contributed by atoms with Crippen LogP contribution in [0.25, 0.3) is 20.5 Å². The first-order chi connectivity index (χ1) is 16.1. The van der Waals surface area contributed by atoms with Gasteiger partial charge in [-0.1, -0.05) is 18.2 Å². The molecular weight excluding hydrogens is 441 g/mol. The van der Waals surface area contributed by atoms with Gasteiger partial charge in [0.15, 0.2) is 5.75 Å². The minimum absolute atomic E-state index is 0.178. The van der Waals surface area contributed by atoms with Crippen molar-refractivity contribution in [2.75, 3.05) is 19.7 Å². The second-order valence-electron chi connectivity index (χ2n) is 7.14. The number of fused-ring (bicyclic) bond motifs is 1. The highest BCUT2D eigenvalue weighted by molar-refractivity contribution is 7.22. The molecular formula is C26H22FNO4S. The van der Waals surface area contributed by atoms with Gasteiger partial charge in [-0.3, -0.25) is 4.79 Å². The zero-order chi connectivity index (χ0) is 23.0. The molecule has 5 nitrogen and oxygen atoms in total. The number of aromatic hydroxyl groups is 1. The van der Waals surface area contributed by atoms with Crippen molar-refractivity contribution in [1.82, 2.24) is 5.32 Å². The standard InChI is InChI=1S/C26H22FNO4S/c27-19-5-3-18(4-6-19)26-25(23-12-7-20(30)17-24(23)33-26)32-22-10-8-21(9-11-22)31-16-14-28-13-1-2-15-29/h1-12,15,17,28,30H,13-14,16H2/b2-1+. The Morgan fingerprint density at radius 1 is 1.00 bits per heavy atom. The minimum atomic E-state index is -0.303. The van der Waals surface area contributed by atoms with E-state index in [1.807, 2.05) is 30.3 Å². The summed E-state index contributed by atoms with van der Waals surface area (Å²) >= 11 is 1.48. The smallest absolute Gasteiger partial charge is 0.153 e. The highest BCUT2D eigenvalue weighted by Gasteiger charge is 2.17. The Morgan fingerprint density at radius 2 is 1.76 bits per heavy atom. The third-order valence-corrected chi connectivity index (χ3v) is 5.99. The molecule has 0 saturated carbocycles. The summed E-state index contributed by atoms with van der Waals surface area (Å²) in [7, 11) is 0. The van der Waals surface area contributed by atoms with Crippen LogP contribution < -0.4 is 14.8 Å². The van der Waals surface area contributed by atoms with Gasteiger partial charge in [0.2, 0.25) is 0 Å². The summed E-state index contributed by atoms with van der Waals surface area (Å²) in [5, 5.41) is 13.9. The van der Waals surface area contributed by atoms with Gasteiger partial charge in [-0.25, -0.2) is 4.39 Å². The third-order valence-electron chi connectivity index (χ3n) is 4.80. The molecule has 168 valence electrons. The molecule has 0 aliphatic carbocycles. The summed E-state index contributed by atoms with van der Waals surface area (Å²) in [5.41, 5.74) is 0.836. The number of benzene rings is 3. The van der Waals surface area contributed by atoms with Crippen LogP contribution in [-0.4, -0.2) is 31.1 Å². The molecule has 3 aromatic carbocycles. The summed E-state index contributed by atoms with van der Waals surface area (Å²) in [6.07, 6.45) is 3.94. The predicted octanol–water partition coefficient (Wildman–Crippen LogP) is 5.93. The van der Waals surface area contributed by atoms with Gasteiger partial charge in [0, 0.05) is 23.2 Å². The molecule has 0 aliphatic rings. The molecule has 0 amide bonds. The first-order valence-corrected chi connectivity index (χ1v) is 11.2. The number of rotatable bonds is 10. The van der Waals surface area contributed by atoms with Gasteiger partial charge in [0.25, 0.3) is 0 Å². The van der Waals surface area contributed by atoms with Crippen molar-refractivity contribution in [3.05, 3.63) is 84.7 Å². The van der Waals surface area contributed by atoms with E-state index in [1.54, 1.807) is 30.3 Å². The van der Waals surface area contributed by atoms with E-state index in [1.165, 1.54) is 29.5 Å². The monoisotopic (exact) mass is 463 g/mol. The number of nitrogens with one attached hydrogen (secondary N) is 1. The van der Waals surface area contributed by atoms with E-state index in [-0.39, 0.29) is 11.6 Å². The topological polar surface area (TPSA) is 67.8 Å². The highest BCUT2D eigenvalue weighted by Crippen LogP contribution is 2.47. The highest BCUT2D eigenvalue weighted by atomic mass is 32.1. The number of carbonyl (C=O) groups is 1. The average Bonchev–Trinajstić information content (AvgIpc) is 3.17. The molecule has 0 spiro atoms. The van der Waals surface area contributed by atoms with E-state index in [2.05, 4.69) is 5.32 Å². The van der Waals surface area contributed by atoms with Crippen LogP contribution in [0.4, 0.5) is 4.39 Å². The number of aldehydes is 1. The number of allylic oxidation sites excluding steroid dienone is 1. The van der Waals surface area contributed by atoms with E-state index in [9.17, 15) is 14.3 Å². The van der Waals surface area contributed by atoms with Crippen molar-refractivity contribution in [2.45, 2.75) is 0 Å². The molecule has 0 saturated heterocycles. The zero-order valence-electron chi connectivity index (χ0n) is 17.7. The molecule has 1 aromatic heterocycles. The molecule has 0 aliphatic heterocycles. The fraction of sp³-hybridized carbons (Fsp3) is 0.115. The number of hydrogen-bond donors (Lipinski definition) is 2. The molecule has 0 radical (unpaired) electrons. The lowest BCUT2D eigenvalue weighted by molar-refractivity contribution is -0.104. The quantitative estimate of drug-likeness (QED) is 0.173. The Balaban J connectivity index is 1.49. The third kappa shape index (κ3) is 5.77. The van der Waals surface area contributed by atoms with Crippen LogP contribution in [-0.2, 0) is 4.79 Å². The average molecular weight is 464 g/mol. The summed E-state index contributed by atoms with van der Waals surface area (Å²) in [6, 6.07) is 18.7. The lowest BCUT2D eigenvalue weighted by atomic mass is 10.1.